The summed E-state index contributed by atoms with van der Waals surface area (Å²) in [5.41, 5.74) is 2.08. The number of fused-ring (bicyclic) bond motifs is 5. The Hall–Kier alpha value is -2.48. The van der Waals surface area contributed by atoms with Crippen LogP contribution >= 0.6 is 0 Å². The molecular weight excluding hydrogens is 222 g/mol. The van der Waals surface area contributed by atoms with Gasteiger partial charge in [0.25, 0.3) is 0 Å². The summed E-state index contributed by atoms with van der Waals surface area (Å²) < 4.78 is 0. The van der Waals surface area contributed by atoms with Gasteiger partial charge in [-0.1, -0.05) is 42.5 Å². The molecule has 0 radical (unpaired) electrons. The normalized spacial score (nSPS) is 11.6. The van der Waals surface area contributed by atoms with Gasteiger partial charge in [-0.05, 0) is 11.5 Å². The van der Waals surface area contributed by atoms with Gasteiger partial charge < -0.3 is 10.1 Å². The van der Waals surface area contributed by atoms with Crippen LogP contribution in [0, 0.1) is 0 Å². The third kappa shape index (κ3) is 1.12. The van der Waals surface area contributed by atoms with E-state index in [9.17, 15) is 5.11 Å². The molecule has 0 atom stereocenters. The van der Waals surface area contributed by atoms with Crippen molar-refractivity contribution in [3.05, 3.63) is 54.6 Å². The van der Waals surface area contributed by atoms with Crippen molar-refractivity contribution in [3.63, 3.8) is 0 Å². The lowest BCUT2D eigenvalue weighted by Crippen LogP contribution is -1.76. The molecule has 0 aliphatic rings. The van der Waals surface area contributed by atoms with Gasteiger partial charge in [0.15, 0.2) is 0 Å². The number of aromatic nitrogens is 1. The van der Waals surface area contributed by atoms with Gasteiger partial charge in [-0.3, -0.25) is 0 Å². The molecule has 4 aromatic rings. The summed E-state index contributed by atoms with van der Waals surface area (Å²) in [6.45, 7) is 0. The molecule has 0 unspecified atom stereocenters. The van der Waals surface area contributed by atoms with Gasteiger partial charge in [0, 0.05) is 27.7 Å². The van der Waals surface area contributed by atoms with Crippen LogP contribution in [0.15, 0.2) is 54.6 Å². The number of H-pyrrole nitrogens is 1. The molecular formula is C16H11NO. The lowest BCUT2D eigenvalue weighted by molar-refractivity contribution is 0.482. The minimum Gasteiger partial charge on any atom is -0.507 e. The number of aromatic amines is 1. The molecule has 0 saturated carbocycles. The molecule has 2 heteroatoms. The van der Waals surface area contributed by atoms with Gasteiger partial charge in [0.05, 0.1) is 5.52 Å². The maximum absolute atomic E-state index is 10.1. The van der Waals surface area contributed by atoms with Gasteiger partial charge >= 0.3 is 0 Å². The number of aromatic hydroxyl groups is 1. The molecule has 1 aromatic heterocycles. The van der Waals surface area contributed by atoms with Crippen molar-refractivity contribution in [3.8, 4) is 5.75 Å². The van der Waals surface area contributed by atoms with E-state index in [1.807, 2.05) is 30.3 Å². The lowest BCUT2D eigenvalue weighted by atomic mass is 10.0. The first-order valence-corrected chi connectivity index (χ1v) is 5.96. The van der Waals surface area contributed by atoms with Crippen molar-refractivity contribution >= 4 is 32.6 Å². The molecule has 18 heavy (non-hydrogen) atoms. The number of benzene rings is 3. The summed E-state index contributed by atoms with van der Waals surface area (Å²) in [7, 11) is 0. The summed E-state index contributed by atoms with van der Waals surface area (Å²) in [6.07, 6.45) is 0. The van der Waals surface area contributed by atoms with Crippen molar-refractivity contribution in [2.45, 2.75) is 0 Å². The summed E-state index contributed by atoms with van der Waals surface area (Å²) in [5.74, 6) is 0.324. The smallest absolute Gasteiger partial charge is 0.125 e. The number of hydrogen-bond donors (Lipinski definition) is 2. The second-order valence-electron chi connectivity index (χ2n) is 4.53. The van der Waals surface area contributed by atoms with Gasteiger partial charge in [0.2, 0.25) is 0 Å². The van der Waals surface area contributed by atoms with Crippen LogP contribution in [0.4, 0.5) is 0 Å². The molecule has 0 saturated heterocycles. The van der Waals surface area contributed by atoms with E-state index >= 15 is 0 Å². The van der Waals surface area contributed by atoms with E-state index in [0.29, 0.717) is 5.75 Å². The molecule has 0 aliphatic heterocycles. The first-order chi connectivity index (χ1) is 8.84. The van der Waals surface area contributed by atoms with Crippen molar-refractivity contribution in [1.29, 1.82) is 0 Å². The highest BCUT2D eigenvalue weighted by Crippen LogP contribution is 2.36. The van der Waals surface area contributed by atoms with Crippen LogP contribution in [0.25, 0.3) is 32.6 Å². The predicted octanol–water partition coefficient (Wildman–Crippen LogP) is 4.18. The molecule has 0 fully saturated rings. The maximum Gasteiger partial charge on any atom is 0.125 e. The zero-order valence-corrected chi connectivity index (χ0v) is 9.64. The second kappa shape index (κ2) is 3.26. The van der Waals surface area contributed by atoms with Gasteiger partial charge in [-0.15, -0.1) is 0 Å². The van der Waals surface area contributed by atoms with Crippen LogP contribution in [-0.4, -0.2) is 10.1 Å². The number of nitrogens with one attached hydrogen (secondary N) is 1. The van der Waals surface area contributed by atoms with E-state index in [1.54, 1.807) is 6.07 Å². The number of hydrogen-bond acceptors (Lipinski definition) is 1. The number of para-hydroxylation sites is 1. The molecule has 0 amide bonds. The van der Waals surface area contributed by atoms with E-state index in [4.69, 9.17) is 0 Å². The third-order valence-corrected chi connectivity index (χ3v) is 3.49. The fourth-order valence-corrected chi connectivity index (χ4v) is 2.70. The van der Waals surface area contributed by atoms with Crippen LogP contribution in [0.1, 0.15) is 0 Å². The minimum absolute atomic E-state index is 0.324. The van der Waals surface area contributed by atoms with Crippen LogP contribution in [-0.2, 0) is 0 Å². The van der Waals surface area contributed by atoms with Gasteiger partial charge in [-0.2, -0.15) is 0 Å². The fraction of sp³-hybridized carbons (Fsp3) is 0. The zero-order chi connectivity index (χ0) is 12.1. The second-order valence-corrected chi connectivity index (χ2v) is 4.53. The molecule has 0 spiro atoms. The predicted molar refractivity (Wildman–Crippen MR) is 75.0 cm³/mol. The molecule has 1 heterocycles. The molecule has 0 bridgehead atoms. The summed E-state index contributed by atoms with van der Waals surface area (Å²) in [4.78, 5) is 3.35. The number of phenols is 1. The molecule has 86 valence electrons. The van der Waals surface area contributed by atoms with Crippen LogP contribution in [0.3, 0.4) is 0 Å². The summed E-state index contributed by atoms with van der Waals surface area (Å²) in [6, 6.07) is 18.0. The summed E-state index contributed by atoms with van der Waals surface area (Å²) in [5, 5.41) is 14.4. The van der Waals surface area contributed by atoms with Gasteiger partial charge in [-0.25, -0.2) is 0 Å². The Morgan fingerprint density at radius 1 is 0.722 bits per heavy atom. The maximum atomic E-state index is 10.1. The highest BCUT2D eigenvalue weighted by Gasteiger charge is 2.10. The summed E-state index contributed by atoms with van der Waals surface area (Å²) >= 11 is 0. The van der Waals surface area contributed by atoms with Gasteiger partial charge in [0.1, 0.15) is 5.75 Å². The standard InChI is InChI=1S/C16H11NO/c18-15-9-14-16(11-6-2-1-5-10(11)15)12-7-3-4-8-13(12)17-14/h1-9,17-18H. The van der Waals surface area contributed by atoms with E-state index in [1.165, 1.54) is 10.8 Å². The van der Waals surface area contributed by atoms with E-state index in [0.717, 1.165) is 21.8 Å². The first kappa shape index (κ1) is 9.54. The Morgan fingerprint density at radius 3 is 2.22 bits per heavy atom. The average molecular weight is 233 g/mol. The molecule has 2 nitrogen and oxygen atoms in total. The Kier molecular flexibility index (Phi) is 1.73. The lowest BCUT2D eigenvalue weighted by Gasteiger charge is -2.02. The Labute approximate surface area is 103 Å². The SMILES string of the molecule is Oc1cc2[nH]c3ccccc3c2c2ccccc12. The van der Waals surface area contributed by atoms with Crippen molar-refractivity contribution in [1.82, 2.24) is 4.98 Å². The largest absolute Gasteiger partial charge is 0.507 e. The molecule has 3 aromatic carbocycles. The van der Waals surface area contributed by atoms with E-state index in [2.05, 4.69) is 23.2 Å². The van der Waals surface area contributed by atoms with Crippen molar-refractivity contribution in [2.75, 3.05) is 0 Å². The highest BCUT2D eigenvalue weighted by atomic mass is 16.3. The number of phenolic OH excluding ortho intramolecular Hbond substituents is 1. The Bertz CT molecular complexity index is 889. The van der Waals surface area contributed by atoms with E-state index in [-0.39, 0.29) is 0 Å². The molecule has 2 N–H and O–H groups in total. The quantitative estimate of drug-likeness (QED) is 0.469. The van der Waals surface area contributed by atoms with Crippen LogP contribution < -0.4 is 0 Å². The monoisotopic (exact) mass is 233 g/mol. The molecule has 0 aliphatic carbocycles. The topological polar surface area (TPSA) is 36.0 Å². The van der Waals surface area contributed by atoms with E-state index < -0.39 is 0 Å². The fourth-order valence-electron chi connectivity index (χ4n) is 2.70. The zero-order valence-electron chi connectivity index (χ0n) is 9.64. The van der Waals surface area contributed by atoms with Crippen LogP contribution in [0.2, 0.25) is 0 Å². The molecule has 4 rings (SSSR count). The Balaban J connectivity index is 2.39. The van der Waals surface area contributed by atoms with Crippen molar-refractivity contribution < 1.29 is 5.11 Å². The Morgan fingerprint density at radius 2 is 1.39 bits per heavy atom. The highest BCUT2D eigenvalue weighted by molar-refractivity contribution is 6.21. The number of rotatable bonds is 0. The minimum atomic E-state index is 0.324. The van der Waals surface area contributed by atoms with Crippen LogP contribution in [0.5, 0.6) is 5.75 Å². The van der Waals surface area contributed by atoms with Crippen molar-refractivity contribution in [2.24, 2.45) is 0 Å². The third-order valence-electron chi connectivity index (χ3n) is 3.49. The first-order valence-electron chi connectivity index (χ1n) is 5.96. The average Bonchev–Trinajstić information content (AvgIpc) is 2.77.